The van der Waals surface area contributed by atoms with Crippen LogP contribution in [0.3, 0.4) is 0 Å². The van der Waals surface area contributed by atoms with Gasteiger partial charge in [-0.3, -0.25) is 0 Å². The van der Waals surface area contributed by atoms with E-state index in [1.54, 1.807) is 5.56 Å². The Kier molecular flexibility index (Phi) is 1.45. The van der Waals surface area contributed by atoms with E-state index in [2.05, 4.69) is 54.1 Å². The number of rotatable bonds is 0. The highest BCUT2D eigenvalue weighted by atomic mass is 15.1. The molecular formula is C15H14N+. The highest BCUT2D eigenvalue weighted by Crippen LogP contribution is 2.54. The van der Waals surface area contributed by atoms with Gasteiger partial charge in [-0.15, -0.1) is 0 Å². The van der Waals surface area contributed by atoms with Crippen molar-refractivity contribution in [3.63, 3.8) is 0 Å². The van der Waals surface area contributed by atoms with Crippen LogP contribution in [0.15, 0.2) is 42.6 Å². The summed E-state index contributed by atoms with van der Waals surface area (Å²) in [6, 6.07) is 14.0. The van der Waals surface area contributed by atoms with Crippen LogP contribution < -0.4 is 4.57 Å². The molecule has 0 radical (unpaired) electrons. The molecule has 2 aliphatic rings. The van der Waals surface area contributed by atoms with Crippen molar-refractivity contribution in [3.05, 3.63) is 53.7 Å². The maximum absolute atomic E-state index is 2.47. The molecule has 0 N–H and O–H groups in total. The maximum Gasteiger partial charge on any atom is 0.215 e. The molecule has 1 saturated carbocycles. The van der Waals surface area contributed by atoms with Gasteiger partial charge in [0.2, 0.25) is 5.69 Å². The van der Waals surface area contributed by atoms with E-state index in [1.165, 1.54) is 23.2 Å². The Bertz CT molecular complexity index is 586. The Morgan fingerprint density at radius 1 is 1.12 bits per heavy atom. The molecule has 1 aliphatic carbocycles. The number of hydrogen-bond donors (Lipinski definition) is 0. The zero-order valence-corrected chi connectivity index (χ0v) is 9.35. The van der Waals surface area contributed by atoms with Crippen molar-refractivity contribution >= 4 is 0 Å². The van der Waals surface area contributed by atoms with Crippen molar-refractivity contribution in [1.82, 2.24) is 0 Å². The van der Waals surface area contributed by atoms with Crippen LogP contribution in [-0.2, 0) is 0 Å². The molecule has 2 aromatic rings. The standard InChI is InChI=1S/C15H14N/c1-10-5-4-8-16-14-9-13(14)11-6-2-3-7-12(11)15(10)16/h2-8,13-14H,9H2,1H3/q+1. The van der Waals surface area contributed by atoms with Crippen LogP contribution >= 0.6 is 0 Å². The molecule has 0 bridgehead atoms. The topological polar surface area (TPSA) is 3.88 Å². The van der Waals surface area contributed by atoms with Gasteiger partial charge in [-0.25, -0.2) is 0 Å². The molecule has 4 rings (SSSR count). The number of aromatic nitrogens is 1. The average Bonchev–Trinajstić information content (AvgIpc) is 3.09. The zero-order chi connectivity index (χ0) is 10.7. The fraction of sp³-hybridized carbons (Fsp3) is 0.267. The third-order valence-electron chi connectivity index (χ3n) is 3.95. The highest BCUT2D eigenvalue weighted by Gasteiger charge is 2.52. The lowest BCUT2D eigenvalue weighted by Crippen LogP contribution is -2.38. The highest BCUT2D eigenvalue weighted by molar-refractivity contribution is 5.67. The molecule has 16 heavy (non-hydrogen) atoms. The summed E-state index contributed by atoms with van der Waals surface area (Å²) < 4.78 is 2.47. The minimum atomic E-state index is 0.727. The van der Waals surface area contributed by atoms with E-state index < -0.39 is 0 Å². The molecule has 0 spiro atoms. The summed E-state index contributed by atoms with van der Waals surface area (Å²) in [5.41, 5.74) is 5.82. The first-order chi connectivity index (χ1) is 7.86. The second-order valence-corrected chi connectivity index (χ2v) is 4.94. The van der Waals surface area contributed by atoms with Crippen LogP contribution in [0.2, 0.25) is 0 Å². The molecule has 1 aliphatic heterocycles. The van der Waals surface area contributed by atoms with Gasteiger partial charge in [-0.1, -0.05) is 18.2 Å². The summed E-state index contributed by atoms with van der Waals surface area (Å²) in [4.78, 5) is 0. The predicted octanol–water partition coefficient (Wildman–Crippen LogP) is 2.99. The molecule has 1 aromatic carbocycles. The van der Waals surface area contributed by atoms with Gasteiger partial charge >= 0.3 is 0 Å². The second kappa shape index (κ2) is 2.73. The summed E-state index contributed by atoms with van der Waals surface area (Å²) >= 11 is 0. The third kappa shape index (κ3) is 0.934. The van der Waals surface area contributed by atoms with Crippen molar-refractivity contribution in [2.75, 3.05) is 0 Å². The van der Waals surface area contributed by atoms with Gasteiger partial charge in [-0.05, 0) is 24.6 Å². The Morgan fingerprint density at radius 2 is 2.00 bits per heavy atom. The van der Waals surface area contributed by atoms with Crippen LogP contribution in [-0.4, -0.2) is 0 Å². The van der Waals surface area contributed by atoms with Gasteiger partial charge in [-0.2, -0.15) is 4.57 Å². The number of benzene rings is 1. The zero-order valence-electron chi connectivity index (χ0n) is 9.35. The minimum Gasteiger partial charge on any atom is -0.195 e. The second-order valence-electron chi connectivity index (χ2n) is 4.94. The fourth-order valence-electron chi connectivity index (χ4n) is 3.12. The first-order valence-electron chi connectivity index (χ1n) is 5.96. The van der Waals surface area contributed by atoms with E-state index in [9.17, 15) is 0 Å². The van der Waals surface area contributed by atoms with Crippen LogP contribution in [0.5, 0.6) is 0 Å². The Balaban J connectivity index is 2.11. The molecule has 1 heteroatoms. The molecule has 1 aromatic heterocycles. The van der Waals surface area contributed by atoms with Crippen molar-refractivity contribution < 1.29 is 4.57 Å². The van der Waals surface area contributed by atoms with Gasteiger partial charge in [0.05, 0.1) is 11.5 Å². The van der Waals surface area contributed by atoms with Crippen LogP contribution in [0.25, 0.3) is 11.3 Å². The average molecular weight is 208 g/mol. The first kappa shape index (κ1) is 8.51. The Labute approximate surface area is 95.4 Å². The van der Waals surface area contributed by atoms with Crippen molar-refractivity contribution in [3.8, 4) is 11.3 Å². The maximum atomic E-state index is 2.47. The van der Waals surface area contributed by atoms with E-state index in [1.807, 2.05) is 0 Å². The fourth-order valence-corrected chi connectivity index (χ4v) is 3.12. The summed E-state index contributed by atoms with van der Waals surface area (Å²) in [7, 11) is 0. The van der Waals surface area contributed by atoms with Crippen LogP contribution in [0.4, 0.5) is 0 Å². The summed E-state index contributed by atoms with van der Waals surface area (Å²) in [6.45, 7) is 2.21. The molecule has 2 heterocycles. The van der Waals surface area contributed by atoms with Gasteiger partial charge in [0, 0.05) is 18.1 Å². The van der Waals surface area contributed by atoms with Gasteiger partial charge < -0.3 is 0 Å². The summed E-state index contributed by atoms with van der Waals surface area (Å²) in [5, 5.41) is 0. The molecule has 0 amide bonds. The molecule has 2 unspecified atom stereocenters. The summed E-state index contributed by atoms with van der Waals surface area (Å²) in [5.74, 6) is 0.774. The Hall–Kier alpha value is -1.63. The lowest BCUT2D eigenvalue weighted by atomic mass is 9.94. The van der Waals surface area contributed by atoms with Crippen molar-refractivity contribution in [2.24, 2.45) is 0 Å². The third-order valence-corrected chi connectivity index (χ3v) is 3.95. The van der Waals surface area contributed by atoms with Gasteiger partial charge in [0.15, 0.2) is 12.2 Å². The van der Waals surface area contributed by atoms with Crippen LogP contribution in [0, 0.1) is 6.92 Å². The minimum absolute atomic E-state index is 0.727. The normalized spacial score (nSPS) is 24.3. The monoisotopic (exact) mass is 208 g/mol. The lowest BCUT2D eigenvalue weighted by molar-refractivity contribution is -0.692. The Morgan fingerprint density at radius 3 is 2.94 bits per heavy atom. The summed E-state index contributed by atoms with van der Waals surface area (Å²) in [6.07, 6.45) is 3.56. The molecule has 1 fully saturated rings. The number of hydrogen-bond acceptors (Lipinski definition) is 0. The molecular weight excluding hydrogens is 194 g/mol. The molecule has 1 nitrogen and oxygen atoms in total. The van der Waals surface area contributed by atoms with Crippen molar-refractivity contribution in [2.45, 2.75) is 25.3 Å². The largest absolute Gasteiger partial charge is 0.215 e. The number of nitrogens with zero attached hydrogens (tertiary/aromatic N) is 1. The molecule has 78 valence electrons. The van der Waals surface area contributed by atoms with Crippen molar-refractivity contribution in [1.29, 1.82) is 0 Å². The van der Waals surface area contributed by atoms with E-state index in [4.69, 9.17) is 0 Å². The number of fused-ring (bicyclic) bond motifs is 6. The SMILES string of the molecule is Cc1ccc[n+]2c1-c1ccccc1C1CC12. The lowest BCUT2D eigenvalue weighted by Gasteiger charge is -2.15. The number of pyridine rings is 1. The van der Waals surface area contributed by atoms with E-state index in [-0.39, 0.29) is 0 Å². The first-order valence-corrected chi connectivity index (χ1v) is 5.96. The van der Waals surface area contributed by atoms with E-state index in [0.29, 0.717) is 0 Å². The van der Waals surface area contributed by atoms with Gasteiger partial charge in [0.25, 0.3) is 0 Å². The van der Waals surface area contributed by atoms with E-state index >= 15 is 0 Å². The number of aryl methyl sites for hydroxylation is 1. The predicted molar refractivity (Wildman–Crippen MR) is 63.2 cm³/mol. The quantitative estimate of drug-likeness (QED) is 0.586. The van der Waals surface area contributed by atoms with E-state index in [0.717, 1.165) is 12.0 Å². The smallest absolute Gasteiger partial charge is 0.195 e. The van der Waals surface area contributed by atoms with Gasteiger partial charge in [0.1, 0.15) is 0 Å². The molecule has 0 saturated heterocycles. The van der Waals surface area contributed by atoms with Crippen LogP contribution in [0.1, 0.15) is 29.5 Å². The molecule has 2 atom stereocenters.